The van der Waals surface area contributed by atoms with E-state index in [1.807, 2.05) is 0 Å². The number of hydrogen-bond acceptors (Lipinski definition) is 3. The van der Waals surface area contributed by atoms with Gasteiger partial charge in [-0.15, -0.1) is 0 Å². The van der Waals surface area contributed by atoms with Crippen LogP contribution in [0.4, 0.5) is 0 Å². The molecule has 0 saturated carbocycles. The second kappa shape index (κ2) is 7.98. The van der Waals surface area contributed by atoms with Crippen LogP contribution in [0, 0.1) is 0 Å². The molecule has 0 heterocycles. The minimum absolute atomic E-state index is 0. The van der Waals surface area contributed by atoms with E-state index in [1.165, 1.54) is 0 Å². The van der Waals surface area contributed by atoms with E-state index < -0.39 is 5.60 Å². The average Bonchev–Trinajstić information content (AvgIpc) is 1.79. The van der Waals surface area contributed by atoms with E-state index >= 15 is 0 Å². The second-order valence-electron chi connectivity index (χ2n) is 3.43. The highest BCUT2D eigenvalue weighted by atomic mass is 16.5. The van der Waals surface area contributed by atoms with Gasteiger partial charge in [-0.3, -0.25) is 0 Å². The Morgan fingerprint density at radius 2 is 1.73 bits per heavy atom. The molecule has 0 unspecified atom stereocenters. The van der Waals surface area contributed by atoms with Crippen LogP contribution in [-0.4, -0.2) is 22.5 Å². The highest BCUT2D eigenvalue weighted by molar-refractivity contribution is 4.50. The predicted octanol–water partition coefficient (Wildman–Crippen LogP) is 1.79. The van der Waals surface area contributed by atoms with Gasteiger partial charge < -0.3 is 10.3 Å². The van der Waals surface area contributed by atoms with Crippen molar-refractivity contribution in [1.29, 1.82) is 0 Å². The van der Waals surface area contributed by atoms with E-state index in [0.29, 0.717) is 0 Å². The van der Waals surface area contributed by atoms with Gasteiger partial charge in [0.05, 0.1) is 5.60 Å². The van der Waals surface area contributed by atoms with E-state index in [2.05, 4.69) is 12.4 Å². The van der Waals surface area contributed by atoms with Gasteiger partial charge in [0, 0.05) is 7.97 Å². The molecule has 0 aromatic heterocycles. The highest BCUT2D eigenvalue weighted by Crippen LogP contribution is 1.93. The van der Waals surface area contributed by atoms with Crippen molar-refractivity contribution >= 4 is 0 Å². The van der Waals surface area contributed by atoms with Crippen LogP contribution < -0.4 is 5.48 Å². The van der Waals surface area contributed by atoms with Crippen molar-refractivity contribution in [2.75, 3.05) is 6.54 Å². The Labute approximate surface area is 70.9 Å². The molecule has 0 spiro atoms. The highest BCUT2D eigenvalue weighted by Gasteiger charge is 1.97. The van der Waals surface area contributed by atoms with Crippen LogP contribution in [0.3, 0.4) is 0 Å². The van der Waals surface area contributed by atoms with Gasteiger partial charge in [0.15, 0.2) is 0 Å². The van der Waals surface area contributed by atoms with Crippen molar-refractivity contribution in [3.05, 3.63) is 0 Å². The first-order chi connectivity index (χ1) is 4.91. The summed E-state index contributed by atoms with van der Waals surface area (Å²) in [7, 11) is 0. The predicted molar refractivity (Wildman–Crippen MR) is 48.8 cm³/mol. The SMILES string of the molecule is CC(C)(C)O.CCCCNO.[HH]. The third-order valence-corrected chi connectivity index (χ3v) is 0.642. The monoisotopic (exact) mass is 165 g/mol. The summed E-state index contributed by atoms with van der Waals surface area (Å²) in [6.45, 7) is 8.03. The van der Waals surface area contributed by atoms with Crippen molar-refractivity contribution < 1.29 is 11.7 Å². The first-order valence-corrected chi connectivity index (χ1v) is 4.01. The van der Waals surface area contributed by atoms with Crippen LogP contribution >= 0.6 is 0 Å². The van der Waals surface area contributed by atoms with Gasteiger partial charge in [-0.05, 0) is 27.2 Å². The Morgan fingerprint density at radius 3 is 1.82 bits per heavy atom. The zero-order valence-corrected chi connectivity index (χ0v) is 8.02. The van der Waals surface area contributed by atoms with Gasteiger partial charge in [0.1, 0.15) is 0 Å². The minimum Gasteiger partial charge on any atom is -0.391 e. The van der Waals surface area contributed by atoms with Gasteiger partial charge in [0.2, 0.25) is 0 Å². The van der Waals surface area contributed by atoms with Gasteiger partial charge in [-0.1, -0.05) is 13.3 Å². The van der Waals surface area contributed by atoms with Gasteiger partial charge in [-0.2, -0.15) is 0 Å². The smallest absolute Gasteiger partial charge is 0.0563 e. The summed E-state index contributed by atoms with van der Waals surface area (Å²) in [6, 6.07) is 0. The van der Waals surface area contributed by atoms with E-state index in [4.69, 9.17) is 10.3 Å². The van der Waals surface area contributed by atoms with E-state index in [-0.39, 0.29) is 1.43 Å². The zero-order valence-electron chi connectivity index (χ0n) is 8.02. The van der Waals surface area contributed by atoms with E-state index in [1.54, 1.807) is 20.8 Å². The fourth-order valence-electron chi connectivity index (χ4n) is 0.256. The minimum atomic E-state index is -0.500. The molecule has 0 fully saturated rings. The number of rotatable bonds is 3. The summed E-state index contributed by atoms with van der Waals surface area (Å²) in [4.78, 5) is 0. The molecule has 0 aromatic rings. The Balaban J connectivity index is -0.000000126. The zero-order chi connectivity index (χ0) is 9.33. The molecule has 0 aliphatic carbocycles. The molecule has 3 N–H and O–H groups in total. The van der Waals surface area contributed by atoms with Crippen molar-refractivity contribution in [1.82, 2.24) is 5.48 Å². The molecule has 0 aliphatic rings. The van der Waals surface area contributed by atoms with Crippen molar-refractivity contribution in [2.24, 2.45) is 0 Å². The van der Waals surface area contributed by atoms with Crippen molar-refractivity contribution in [3.8, 4) is 0 Å². The number of nitrogens with one attached hydrogen (secondary N) is 1. The molecule has 0 rings (SSSR count). The largest absolute Gasteiger partial charge is 0.391 e. The quantitative estimate of drug-likeness (QED) is 0.441. The lowest BCUT2D eigenvalue weighted by Gasteiger charge is -2.04. The third-order valence-electron chi connectivity index (χ3n) is 0.642. The van der Waals surface area contributed by atoms with E-state index in [0.717, 1.165) is 19.4 Å². The Morgan fingerprint density at radius 1 is 1.36 bits per heavy atom. The fraction of sp³-hybridized carbons (Fsp3) is 1.00. The molecule has 0 atom stereocenters. The Hall–Kier alpha value is -0.120. The maximum absolute atomic E-state index is 8.52. The molecule has 11 heavy (non-hydrogen) atoms. The number of hydroxylamine groups is 1. The molecular weight excluding hydrogens is 142 g/mol. The summed E-state index contributed by atoms with van der Waals surface area (Å²) in [5.74, 6) is 0. The van der Waals surface area contributed by atoms with Crippen LogP contribution in [0.25, 0.3) is 0 Å². The Kier molecular flexibility index (Phi) is 9.77. The fourth-order valence-corrected chi connectivity index (χ4v) is 0.256. The van der Waals surface area contributed by atoms with Gasteiger partial charge in [0.25, 0.3) is 0 Å². The number of unbranched alkanes of at least 4 members (excludes halogenated alkanes) is 1. The molecule has 3 heteroatoms. The van der Waals surface area contributed by atoms with Crippen molar-refractivity contribution in [3.63, 3.8) is 0 Å². The van der Waals surface area contributed by atoms with Crippen LogP contribution in [0.5, 0.6) is 0 Å². The summed E-state index contributed by atoms with van der Waals surface area (Å²) < 4.78 is 0. The molecule has 0 amide bonds. The molecule has 0 aliphatic heterocycles. The lowest BCUT2D eigenvalue weighted by atomic mass is 10.2. The van der Waals surface area contributed by atoms with E-state index in [9.17, 15) is 0 Å². The van der Waals surface area contributed by atoms with Crippen LogP contribution in [0.1, 0.15) is 42.0 Å². The van der Waals surface area contributed by atoms with Crippen molar-refractivity contribution in [2.45, 2.75) is 46.1 Å². The van der Waals surface area contributed by atoms with Gasteiger partial charge >= 0.3 is 0 Å². The first kappa shape index (κ1) is 13.5. The molecule has 72 valence electrons. The maximum Gasteiger partial charge on any atom is 0.0563 e. The molecular formula is C8H23NO2. The lowest BCUT2D eigenvalue weighted by Crippen LogP contribution is -2.10. The standard InChI is InChI=1S/C4H11NO.C4H10O.H2/c1-2-3-4-5-6;1-4(2,3)5;/h5-6H,2-4H2,1H3;5H,1-3H3;1H. The topological polar surface area (TPSA) is 52.5 Å². The number of hydrogen-bond donors (Lipinski definition) is 3. The number of aliphatic hydroxyl groups is 1. The molecule has 0 saturated heterocycles. The lowest BCUT2D eigenvalue weighted by molar-refractivity contribution is 0.102. The average molecular weight is 165 g/mol. The van der Waals surface area contributed by atoms with Crippen LogP contribution in [-0.2, 0) is 0 Å². The summed E-state index contributed by atoms with van der Waals surface area (Å²) in [6.07, 6.45) is 2.18. The summed E-state index contributed by atoms with van der Waals surface area (Å²) >= 11 is 0. The van der Waals surface area contributed by atoms with Crippen LogP contribution in [0.15, 0.2) is 0 Å². The molecule has 0 radical (unpaired) electrons. The first-order valence-electron chi connectivity index (χ1n) is 4.01. The normalized spacial score (nSPS) is 10.4. The second-order valence-corrected chi connectivity index (χ2v) is 3.43. The molecule has 0 bridgehead atoms. The van der Waals surface area contributed by atoms with Crippen LogP contribution in [0.2, 0.25) is 0 Å². The summed E-state index contributed by atoms with van der Waals surface area (Å²) in [5, 5.41) is 16.5. The van der Waals surface area contributed by atoms with Gasteiger partial charge in [-0.25, -0.2) is 5.48 Å². The Bertz CT molecular complexity index is 63.9. The molecule has 3 nitrogen and oxygen atoms in total. The maximum atomic E-state index is 8.52. The third kappa shape index (κ3) is 74.0. The summed E-state index contributed by atoms with van der Waals surface area (Å²) in [5.41, 5.74) is 1.57. The molecule has 0 aromatic carbocycles.